The van der Waals surface area contributed by atoms with E-state index in [4.69, 9.17) is 0 Å². The molecule has 5 nitrogen and oxygen atoms in total. The van der Waals surface area contributed by atoms with Gasteiger partial charge in [-0.25, -0.2) is 9.97 Å². The van der Waals surface area contributed by atoms with Crippen molar-refractivity contribution < 1.29 is 4.79 Å². The summed E-state index contributed by atoms with van der Waals surface area (Å²) >= 11 is 1.64. The lowest BCUT2D eigenvalue weighted by molar-refractivity contribution is -0.130. The fraction of sp³-hybridized carbons (Fsp3) is 0.318. The molecule has 1 aliphatic heterocycles. The van der Waals surface area contributed by atoms with Crippen LogP contribution >= 0.6 is 11.3 Å². The van der Waals surface area contributed by atoms with Crippen molar-refractivity contribution in [1.29, 1.82) is 0 Å². The summed E-state index contributed by atoms with van der Waals surface area (Å²) in [4.78, 5) is 25.9. The number of hydrogen-bond donors (Lipinski definition) is 0. The average Bonchev–Trinajstić information content (AvgIpc) is 3.16. The first-order valence-corrected chi connectivity index (χ1v) is 10.4. The molecule has 0 N–H and O–H groups in total. The lowest BCUT2D eigenvalue weighted by atomic mass is 10.1. The van der Waals surface area contributed by atoms with Gasteiger partial charge in [0.1, 0.15) is 10.8 Å². The zero-order valence-corrected chi connectivity index (χ0v) is 17.1. The topological polar surface area (TPSA) is 49.3 Å². The lowest BCUT2D eigenvalue weighted by Gasteiger charge is -2.35. The second-order valence-electron chi connectivity index (χ2n) is 7.23. The molecule has 4 rings (SSSR count). The largest absolute Gasteiger partial charge is 0.353 e. The number of benzene rings is 1. The molecule has 1 amide bonds. The van der Waals surface area contributed by atoms with E-state index in [-0.39, 0.29) is 5.91 Å². The van der Waals surface area contributed by atoms with Gasteiger partial charge in [-0.15, -0.1) is 11.3 Å². The van der Waals surface area contributed by atoms with E-state index >= 15 is 0 Å². The fourth-order valence-electron chi connectivity index (χ4n) is 3.36. The van der Waals surface area contributed by atoms with Gasteiger partial charge >= 0.3 is 0 Å². The molecule has 3 aromatic rings. The van der Waals surface area contributed by atoms with Crippen LogP contribution in [0, 0.1) is 13.8 Å². The van der Waals surface area contributed by atoms with E-state index < -0.39 is 0 Å². The van der Waals surface area contributed by atoms with Crippen molar-refractivity contribution in [1.82, 2.24) is 14.9 Å². The highest BCUT2D eigenvalue weighted by molar-refractivity contribution is 7.13. The van der Waals surface area contributed by atoms with Crippen LogP contribution in [0.25, 0.3) is 10.6 Å². The van der Waals surface area contributed by atoms with Crippen LogP contribution in [0.2, 0.25) is 0 Å². The Balaban J connectivity index is 1.33. The van der Waals surface area contributed by atoms with E-state index in [9.17, 15) is 4.79 Å². The molecule has 144 valence electrons. The number of rotatable bonds is 4. The van der Waals surface area contributed by atoms with Crippen LogP contribution in [-0.2, 0) is 11.2 Å². The molecule has 0 saturated carbocycles. The van der Waals surface area contributed by atoms with E-state index in [1.54, 1.807) is 11.3 Å². The van der Waals surface area contributed by atoms with Gasteiger partial charge in [0.05, 0.1) is 6.42 Å². The van der Waals surface area contributed by atoms with Crippen molar-refractivity contribution in [3.05, 3.63) is 64.8 Å². The summed E-state index contributed by atoms with van der Waals surface area (Å²) in [5, 5.41) is 3.05. The predicted molar refractivity (Wildman–Crippen MR) is 114 cm³/mol. The number of thiazole rings is 1. The van der Waals surface area contributed by atoms with E-state index in [0.29, 0.717) is 6.42 Å². The Morgan fingerprint density at radius 2 is 1.79 bits per heavy atom. The molecule has 28 heavy (non-hydrogen) atoms. The van der Waals surface area contributed by atoms with Gasteiger partial charge in [0, 0.05) is 49.0 Å². The SMILES string of the molecule is Cc1ccc(CC(=O)N2CCN(c3ccc(-c4nc(C)cs4)cn3)CC2)cc1. The van der Waals surface area contributed by atoms with Crippen LogP contribution in [0.1, 0.15) is 16.8 Å². The van der Waals surface area contributed by atoms with Crippen molar-refractivity contribution in [2.24, 2.45) is 0 Å². The summed E-state index contributed by atoms with van der Waals surface area (Å²) in [5.41, 5.74) is 4.38. The molecule has 0 spiro atoms. The Bertz CT molecular complexity index is 941. The van der Waals surface area contributed by atoms with Crippen LogP contribution in [-0.4, -0.2) is 47.0 Å². The summed E-state index contributed by atoms with van der Waals surface area (Å²) in [6.45, 7) is 7.15. The van der Waals surface area contributed by atoms with Crippen LogP contribution in [0.4, 0.5) is 5.82 Å². The van der Waals surface area contributed by atoms with Crippen LogP contribution in [0.15, 0.2) is 48.0 Å². The monoisotopic (exact) mass is 392 g/mol. The maximum absolute atomic E-state index is 12.6. The average molecular weight is 393 g/mol. The third-order valence-electron chi connectivity index (χ3n) is 5.05. The van der Waals surface area contributed by atoms with Crippen molar-refractivity contribution in [2.45, 2.75) is 20.3 Å². The Hall–Kier alpha value is -2.73. The highest BCUT2D eigenvalue weighted by Crippen LogP contribution is 2.24. The van der Waals surface area contributed by atoms with Crippen LogP contribution < -0.4 is 4.90 Å². The minimum absolute atomic E-state index is 0.200. The molecule has 0 aliphatic carbocycles. The molecule has 0 unspecified atom stereocenters. The number of anilines is 1. The molecule has 6 heteroatoms. The number of nitrogens with zero attached hydrogens (tertiary/aromatic N) is 4. The van der Waals surface area contributed by atoms with E-state index in [1.165, 1.54) is 5.56 Å². The Morgan fingerprint density at radius 3 is 2.39 bits per heavy atom. The molecule has 1 aromatic carbocycles. The standard InChI is InChI=1S/C22H24N4OS/c1-16-3-5-18(6-4-16)13-21(27)26-11-9-25(10-12-26)20-8-7-19(14-23-20)22-24-17(2)15-28-22/h3-8,14-15H,9-13H2,1-2H3. The van der Waals surface area contributed by atoms with Gasteiger partial charge in [-0.05, 0) is 31.5 Å². The van der Waals surface area contributed by atoms with Crippen molar-refractivity contribution in [3.63, 3.8) is 0 Å². The number of aryl methyl sites for hydroxylation is 2. The second-order valence-corrected chi connectivity index (χ2v) is 8.09. The van der Waals surface area contributed by atoms with Crippen molar-refractivity contribution in [2.75, 3.05) is 31.1 Å². The van der Waals surface area contributed by atoms with Gasteiger partial charge in [-0.1, -0.05) is 29.8 Å². The quantitative estimate of drug-likeness (QED) is 0.679. The molecule has 0 atom stereocenters. The van der Waals surface area contributed by atoms with Crippen molar-refractivity contribution in [3.8, 4) is 10.6 Å². The fourth-order valence-corrected chi connectivity index (χ4v) is 4.15. The third kappa shape index (κ3) is 4.22. The minimum Gasteiger partial charge on any atom is -0.353 e. The summed E-state index contributed by atoms with van der Waals surface area (Å²) in [7, 11) is 0. The molecule has 1 aliphatic rings. The van der Waals surface area contributed by atoms with Gasteiger partial charge < -0.3 is 9.80 Å². The van der Waals surface area contributed by atoms with Gasteiger partial charge in [-0.3, -0.25) is 4.79 Å². The molecule has 3 heterocycles. The number of aromatic nitrogens is 2. The zero-order chi connectivity index (χ0) is 19.5. The maximum atomic E-state index is 12.6. The highest BCUT2D eigenvalue weighted by Gasteiger charge is 2.22. The Labute approximate surface area is 169 Å². The number of pyridine rings is 1. The summed E-state index contributed by atoms with van der Waals surface area (Å²) in [6.07, 6.45) is 2.36. The summed E-state index contributed by atoms with van der Waals surface area (Å²) < 4.78 is 0. The normalized spacial score (nSPS) is 14.4. The smallest absolute Gasteiger partial charge is 0.227 e. The molecule has 0 radical (unpaired) electrons. The first kappa shape index (κ1) is 18.6. The number of carbonyl (C=O) groups excluding carboxylic acids is 1. The molecule has 1 fully saturated rings. The van der Waals surface area contributed by atoms with Gasteiger partial charge in [0.25, 0.3) is 0 Å². The van der Waals surface area contributed by atoms with Crippen LogP contribution in [0.5, 0.6) is 0 Å². The number of piperazine rings is 1. The van der Waals surface area contributed by atoms with Gasteiger partial charge in [0.2, 0.25) is 5.91 Å². The third-order valence-corrected chi connectivity index (χ3v) is 6.06. The number of amides is 1. The summed E-state index contributed by atoms with van der Waals surface area (Å²) in [6, 6.07) is 12.3. The molecule has 1 saturated heterocycles. The Kier molecular flexibility index (Phi) is 5.39. The number of hydrogen-bond acceptors (Lipinski definition) is 5. The first-order chi connectivity index (χ1) is 13.6. The zero-order valence-electron chi connectivity index (χ0n) is 16.3. The maximum Gasteiger partial charge on any atom is 0.227 e. The molecular formula is C22H24N4OS. The van der Waals surface area contributed by atoms with Gasteiger partial charge in [-0.2, -0.15) is 0 Å². The van der Waals surface area contributed by atoms with E-state index in [0.717, 1.165) is 53.8 Å². The second kappa shape index (κ2) is 8.10. The van der Waals surface area contributed by atoms with Crippen molar-refractivity contribution >= 4 is 23.1 Å². The Morgan fingerprint density at radius 1 is 1.04 bits per heavy atom. The highest BCUT2D eigenvalue weighted by atomic mass is 32.1. The predicted octanol–water partition coefficient (Wildman–Crippen LogP) is 3.71. The molecule has 2 aromatic heterocycles. The van der Waals surface area contributed by atoms with Gasteiger partial charge in [0.15, 0.2) is 0 Å². The molecule has 0 bridgehead atoms. The molecular weight excluding hydrogens is 368 g/mol. The lowest BCUT2D eigenvalue weighted by Crippen LogP contribution is -2.49. The van der Waals surface area contributed by atoms with Crippen LogP contribution in [0.3, 0.4) is 0 Å². The first-order valence-electron chi connectivity index (χ1n) is 9.55. The van der Waals surface area contributed by atoms with E-state index in [2.05, 4.69) is 51.4 Å². The minimum atomic E-state index is 0.200. The number of carbonyl (C=O) groups is 1. The summed E-state index contributed by atoms with van der Waals surface area (Å²) in [5.74, 6) is 1.16. The van der Waals surface area contributed by atoms with E-state index in [1.807, 2.05) is 30.2 Å².